The van der Waals surface area contributed by atoms with Gasteiger partial charge < -0.3 is 4.74 Å². The summed E-state index contributed by atoms with van der Waals surface area (Å²) in [6, 6.07) is 10.8. The van der Waals surface area contributed by atoms with E-state index in [2.05, 4.69) is 10.3 Å². The average molecular weight is 269 g/mol. The van der Waals surface area contributed by atoms with Gasteiger partial charge in [-0.3, -0.25) is 5.32 Å². The maximum atomic E-state index is 11.8. The van der Waals surface area contributed by atoms with Gasteiger partial charge in [0.2, 0.25) is 0 Å². The van der Waals surface area contributed by atoms with Crippen LogP contribution in [0.4, 0.5) is 10.5 Å². The number of aromatic nitrogens is 1. The van der Waals surface area contributed by atoms with Crippen LogP contribution in [-0.2, 0) is 4.74 Å². The zero-order valence-corrected chi connectivity index (χ0v) is 11.6. The van der Waals surface area contributed by atoms with Crippen LogP contribution in [0.15, 0.2) is 30.3 Å². The van der Waals surface area contributed by atoms with Gasteiger partial charge in [0.15, 0.2) is 0 Å². The van der Waals surface area contributed by atoms with E-state index in [1.54, 1.807) is 26.8 Å². The fourth-order valence-electron chi connectivity index (χ4n) is 1.75. The van der Waals surface area contributed by atoms with Gasteiger partial charge in [-0.05, 0) is 32.9 Å². The highest BCUT2D eigenvalue weighted by Gasteiger charge is 2.17. The SMILES string of the molecule is CC(C)(C)OC(=O)Nc1cc(C#N)nc2ccccc12. The van der Waals surface area contributed by atoms with Gasteiger partial charge in [-0.1, -0.05) is 18.2 Å². The smallest absolute Gasteiger partial charge is 0.412 e. The monoisotopic (exact) mass is 269 g/mol. The number of ether oxygens (including phenoxy) is 1. The molecule has 102 valence electrons. The fourth-order valence-corrected chi connectivity index (χ4v) is 1.75. The first-order chi connectivity index (χ1) is 9.39. The molecule has 20 heavy (non-hydrogen) atoms. The Morgan fingerprint density at radius 1 is 1.35 bits per heavy atom. The molecule has 0 fully saturated rings. The number of anilines is 1. The lowest BCUT2D eigenvalue weighted by Gasteiger charge is -2.20. The molecule has 0 aliphatic heterocycles. The summed E-state index contributed by atoms with van der Waals surface area (Å²) in [5.41, 5.74) is 0.832. The predicted molar refractivity (Wildman–Crippen MR) is 76.3 cm³/mol. The van der Waals surface area contributed by atoms with Gasteiger partial charge in [0.05, 0.1) is 11.2 Å². The van der Waals surface area contributed by atoms with Crippen molar-refractivity contribution in [3.05, 3.63) is 36.0 Å². The molecular weight excluding hydrogens is 254 g/mol. The van der Waals surface area contributed by atoms with E-state index in [0.29, 0.717) is 11.2 Å². The molecule has 0 aliphatic carbocycles. The normalized spacial score (nSPS) is 10.9. The molecule has 1 aromatic carbocycles. The van der Waals surface area contributed by atoms with E-state index < -0.39 is 11.7 Å². The largest absolute Gasteiger partial charge is 0.444 e. The molecule has 0 atom stereocenters. The number of pyridine rings is 1. The molecule has 2 aromatic rings. The number of para-hydroxylation sites is 1. The second-order valence-corrected chi connectivity index (χ2v) is 5.31. The number of rotatable bonds is 1. The van der Waals surface area contributed by atoms with E-state index >= 15 is 0 Å². The molecule has 0 bridgehead atoms. The fraction of sp³-hybridized carbons (Fsp3) is 0.267. The van der Waals surface area contributed by atoms with Crippen molar-refractivity contribution >= 4 is 22.7 Å². The molecule has 5 heteroatoms. The minimum Gasteiger partial charge on any atom is -0.444 e. The van der Waals surface area contributed by atoms with Crippen molar-refractivity contribution in [2.24, 2.45) is 0 Å². The Balaban J connectivity index is 2.38. The molecule has 0 spiro atoms. The van der Waals surface area contributed by atoms with Crippen molar-refractivity contribution in [3.8, 4) is 6.07 Å². The maximum absolute atomic E-state index is 11.8. The molecule has 0 radical (unpaired) electrons. The van der Waals surface area contributed by atoms with Gasteiger partial charge in [0.1, 0.15) is 17.4 Å². The number of hydrogen-bond acceptors (Lipinski definition) is 4. The molecule has 0 saturated heterocycles. The van der Waals surface area contributed by atoms with Crippen LogP contribution >= 0.6 is 0 Å². The number of nitriles is 1. The topological polar surface area (TPSA) is 75.0 Å². The highest BCUT2D eigenvalue weighted by molar-refractivity contribution is 5.99. The Morgan fingerprint density at radius 3 is 2.70 bits per heavy atom. The summed E-state index contributed by atoms with van der Waals surface area (Å²) in [5, 5.41) is 12.4. The summed E-state index contributed by atoms with van der Waals surface area (Å²) in [4.78, 5) is 16.0. The molecule has 1 N–H and O–H groups in total. The van der Waals surface area contributed by atoms with Crippen molar-refractivity contribution in [3.63, 3.8) is 0 Å². The third-order valence-corrected chi connectivity index (χ3v) is 2.47. The van der Waals surface area contributed by atoms with Crippen LogP contribution in [0.5, 0.6) is 0 Å². The van der Waals surface area contributed by atoms with Gasteiger partial charge in [0, 0.05) is 5.39 Å². The van der Waals surface area contributed by atoms with Gasteiger partial charge >= 0.3 is 6.09 Å². The summed E-state index contributed by atoms with van der Waals surface area (Å²) in [7, 11) is 0. The van der Waals surface area contributed by atoms with Gasteiger partial charge in [-0.2, -0.15) is 5.26 Å². The quantitative estimate of drug-likeness (QED) is 0.860. The van der Waals surface area contributed by atoms with Crippen LogP contribution in [0.1, 0.15) is 26.5 Å². The Kier molecular flexibility index (Phi) is 3.57. The Labute approximate surface area is 117 Å². The number of benzene rings is 1. The number of hydrogen-bond donors (Lipinski definition) is 1. The summed E-state index contributed by atoms with van der Waals surface area (Å²) < 4.78 is 5.21. The van der Waals surface area contributed by atoms with Gasteiger partial charge in [0.25, 0.3) is 0 Å². The first kappa shape index (κ1) is 13.8. The number of nitrogens with zero attached hydrogens (tertiary/aromatic N) is 2. The summed E-state index contributed by atoms with van der Waals surface area (Å²) in [6.07, 6.45) is -0.558. The standard InChI is InChI=1S/C15H15N3O2/c1-15(2,3)20-14(19)18-13-8-10(9-16)17-12-7-5-4-6-11(12)13/h4-8H,1-3H3,(H,17,18,19). The second-order valence-electron chi connectivity index (χ2n) is 5.31. The first-order valence-electron chi connectivity index (χ1n) is 6.19. The minimum atomic E-state index is -0.578. The van der Waals surface area contributed by atoms with Crippen LogP contribution in [0.3, 0.4) is 0 Å². The van der Waals surface area contributed by atoms with Gasteiger partial charge in [-0.15, -0.1) is 0 Å². The Hall–Kier alpha value is -2.61. The molecule has 0 saturated carbocycles. The van der Waals surface area contributed by atoms with E-state index in [1.165, 1.54) is 6.07 Å². The van der Waals surface area contributed by atoms with E-state index in [9.17, 15) is 4.79 Å². The van der Waals surface area contributed by atoms with E-state index in [4.69, 9.17) is 10.00 Å². The van der Waals surface area contributed by atoms with Crippen LogP contribution in [0.25, 0.3) is 10.9 Å². The van der Waals surface area contributed by atoms with Crippen molar-refractivity contribution in [2.45, 2.75) is 26.4 Å². The number of nitrogens with one attached hydrogen (secondary N) is 1. The van der Waals surface area contributed by atoms with Crippen molar-refractivity contribution < 1.29 is 9.53 Å². The minimum absolute atomic E-state index is 0.245. The molecule has 1 heterocycles. The van der Waals surface area contributed by atoms with Crippen molar-refractivity contribution in [2.75, 3.05) is 5.32 Å². The van der Waals surface area contributed by atoms with Gasteiger partial charge in [-0.25, -0.2) is 9.78 Å². The highest BCUT2D eigenvalue weighted by Crippen LogP contribution is 2.23. The summed E-state index contributed by atoms with van der Waals surface area (Å²) >= 11 is 0. The second kappa shape index (κ2) is 5.17. The van der Waals surface area contributed by atoms with Crippen LogP contribution < -0.4 is 5.32 Å². The van der Waals surface area contributed by atoms with Crippen LogP contribution in [-0.4, -0.2) is 16.7 Å². The number of carbonyl (C=O) groups is 1. The molecular formula is C15H15N3O2. The molecule has 0 unspecified atom stereocenters. The van der Waals surface area contributed by atoms with E-state index in [1.807, 2.05) is 24.3 Å². The molecule has 2 rings (SSSR count). The molecule has 0 aliphatic rings. The Morgan fingerprint density at radius 2 is 2.05 bits per heavy atom. The molecule has 5 nitrogen and oxygen atoms in total. The number of carbonyl (C=O) groups excluding carboxylic acids is 1. The number of fused-ring (bicyclic) bond motifs is 1. The third-order valence-electron chi connectivity index (χ3n) is 2.47. The molecule has 1 aromatic heterocycles. The maximum Gasteiger partial charge on any atom is 0.412 e. The Bertz CT molecular complexity index is 696. The van der Waals surface area contributed by atoms with Crippen LogP contribution in [0.2, 0.25) is 0 Å². The summed E-state index contributed by atoms with van der Waals surface area (Å²) in [6.45, 7) is 5.37. The van der Waals surface area contributed by atoms with E-state index in [-0.39, 0.29) is 5.69 Å². The van der Waals surface area contributed by atoms with Crippen molar-refractivity contribution in [1.82, 2.24) is 4.98 Å². The lowest BCUT2D eigenvalue weighted by Crippen LogP contribution is -2.27. The third kappa shape index (κ3) is 3.23. The molecule has 1 amide bonds. The predicted octanol–water partition coefficient (Wildman–Crippen LogP) is 3.45. The lowest BCUT2D eigenvalue weighted by molar-refractivity contribution is 0.0636. The van der Waals surface area contributed by atoms with E-state index in [0.717, 1.165) is 5.39 Å². The first-order valence-corrected chi connectivity index (χ1v) is 6.19. The lowest BCUT2D eigenvalue weighted by atomic mass is 10.1. The number of amides is 1. The zero-order chi connectivity index (χ0) is 14.8. The zero-order valence-electron chi connectivity index (χ0n) is 11.6. The highest BCUT2D eigenvalue weighted by atomic mass is 16.6. The van der Waals surface area contributed by atoms with Crippen molar-refractivity contribution in [1.29, 1.82) is 5.26 Å². The summed E-state index contributed by atoms with van der Waals surface area (Å²) in [5.74, 6) is 0. The average Bonchev–Trinajstić information content (AvgIpc) is 2.36. The van der Waals surface area contributed by atoms with Crippen LogP contribution in [0, 0.1) is 11.3 Å².